The van der Waals surface area contributed by atoms with Crippen LogP contribution in [0.3, 0.4) is 0 Å². The Bertz CT molecular complexity index is 683. The summed E-state index contributed by atoms with van der Waals surface area (Å²) in [6, 6.07) is 1.42. The van der Waals surface area contributed by atoms with E-state index in [-0.39, 0.29) is 5.82 Å². The summed E-state index contributed by atoms with van der Waals surface area (Å²) >= 11 is 0. The predicted molar refractivity (Wildman–Crippen MR) is 75.3 cm³/mol. The summed E-state index contributed by atoms with van der Waals surface area (Å²) in [5.74, 6) is 4.54. The lowest BCUT2D eigenvalue weighted by Crippen LogP contribution is -2.55. The van der Waals surface area contributed by atoms with Crippen LogP contribution in [0.1, 0.15) is 11.9 Å². The highest BCUT2D eigenvalue weighted by atomic mass is 19.1. The molecule has 1 aliphatic rings. The van der Waals surface area contributed by atoms with E-state index >= 15 is 0 Å². The molecule has 0 radical (unpaired) electrons. The summed E-state index contributed by atoms with van der Waals surface area (Å²) in [5, 5.41) is 19.5. The maximum absolute atomic E-state index is 12.4. The molecule has 2 heterocycles. The number of ether oxygens (including phenoxy) is 1. The Morgan fingerprint density at radius 3 is 2.86 bits per heavy atom. The third-order valence-corrected chi connectivity index (χ3v) is 3.51. The van der Waals surface area contributed by atoms with Gasteiger partial charge < -0.3 is 26.4 Å². The van der Waals surface area contributed by atoms with Gasteiger partial charge in [-0.2, -0.15) is 4.98 Å². The van der Waals surface area contributed by atoms with Crippen LogP contribution in [0.2, 0.25) is 0 Å². The van der Waals surface area contributed by atoms with Gasteiger partial charge in [-0.1, -0.05) is 11.8 Å². The number of nitrogens with zero attached hydrogens (tertiary/aromatic N) is 2. The molecule has 9 heteroatoms. The van der Waals surface area contributed by atoms with E-state index in [1.165, 1.54) is 6.07 Å². The fraction of sp³-hybridized carbons (Fsp3) is 0.538. The van der Waals surface area contributed by atoms with Gasteiger partial charge in [-0.3, -0.25) is 4.57 Å². The lowest BCUT2D eigenvalue weighted by molar-refractivity contribution is -0.0483. The number of rotatable bonds is 2. The van der Waals surface area contributed by atoms with Crippen molar-refractivity contribution >= 4 is 5.82 Å². The van der Waals surface area contributed by atoms with Crippen LogP contribution in [0, 0.1) is 18.8 Å². The van der Waals surface area contributed by atoms with Crippen LogP contribution < -0.4 is 17.2 Å². The number of aliphatic hydroxyl groups is 2. The lowest BCUT2D eigenvalue weighted by Gasteiger charge is -2.28. The van der Waals surface area contributed by atoms with Gasteiger partial charge in [0, 0.05) is 5.69 Å². The van der Waals surface area contributed by atoms with E-state index in [1.807, 2.05) is 0 Å². The van der Waals surface area contributed by atoms with Gasteiger partial charge in [0.1, 0.15) is 24.7 Å². The molecular formula is C13H17FN4O4. The normalized spacial score (nSPS) is 30.9. The minimum atomic E-state index is -1.77. The molecule has 1 aliphatic heterocycles. The zero-order chi connectivity index (χ0) is 16.5. The minimum Gasteiger partial charge on any atom is -0.394 e. The maximum atomic E-state index is 12.4. The van der Waals surface area contributed by atoms with E-state index in [1.54, 1.807) is 6.92 Å². The third-order valence-electron chi connectivity index (χ3n) is 3.51. The molecule has 1 unspecified atom stereocenters. The molecule has 6 N–H and O–H groups in total. The summed E-state index contributed by atoms with van der Waals surface area (Å²) in [6.07, 6.45) is -3.71. The molecular weight excluding hydrogens is 295 g/mol. The first-order valence-corrected chi connectivity index (χ1v) is 6.50. The van der Waals surface area contributed by atoms with Crippen LogP contribution in [-0.2, 0) is 4.74 Å². The second-order valence-electron chi connectivity index (χ2n) is 5.00. The molecule has 0 bridgehead atoms. The van der Waals surface area contributed by atoms with Crippen LogP contribution in [0.4, 0.5) is 10.2 Å². The van der Waals surface area contributed by atoms with E-state index in [9.17, 15) is 19.4 Å². The minimum absolute atomic E-state index is 0.0217. The molecule has 0 spiro atoms. The van der Waals surface area contributed by atoms with Crippen LogP contribution in [0.15, 0.2) is 10.9 Å². The standard InChI is InChI=1S/C13H17FN4O4/c1-7-5-9(15)17-12(21)18(7)11-13(16,3-2-4-14)10(20)8(6-19)22-11/h5,8,10-11,19-20H,4,6,16H2,1H3,(H2,15,17,21)/t8-,10+,11-,13?/m1/s1. The molecule has 22 heavy (non-hydrogen) atoms. The first-order valence-electron chi connectivity index (χ1n) is 6.50. The van der Waals surface area contributed by atoms with Gasteiger partial charge in [-0.25, -0.2) is 9.18 Å². The van der Waals surface area contributed by atoms with Crippen molar-refractivity contribution in [1.29, 1.82) is 0 Å². The molecule has 0 aliphatic carbocycles. The first kappa shape index (κ1) is 16.4. The highest BCUT2D eigenvalue weighted by Crippen LogP contribution is 2.36. The van der Waals surface area contributed by atoms with Crippen molar-refractivity contribution in [2.45, 2.75) is 30.9 Å². The number of anilines is 1. The zero-order valence-electron chi connectivity index (χ0n) is 11.9. The second-order valence-corrected chi connectivity index (χ2v) is 5.00. The third kappa shape index (κ3) is 2.57. The van der Waals surface area contributed by atoms with E-state index in [0.29, 0.717) is 5.69 Å². The Morgan fingerprint density at radius 2 is 2.32 bits per heavy atom. The van der Waals surface area contributed by atoms with Crippen LogP contribution in [0.5, 0.6) is 0 Å². The van der Waals surface area contributed by atoms with Gasteiger partial charge in [0.25, 0.3) is 0 Å². The number of aryl methyl sites for hydroxylation is 1. The summed E-state index contributed by atoms with van der Waals surface area (Å²) in [7, 11) is 0. The van der Waals surface area contributed by atoms with Gasteiger partial charge >= 0.3 is 5.69 Å². The van der Waals surface area contributed by atoms with Gasteiger partial charge in [-0.05, 0) is 13.0 Å². The van der Waals surface area contributed by atoms with Gasteiger partial charge in [0.2, 0.25) is 0 Å². The molecule has 2 rings (SSSR count). The van der Waals surface area contributed by atoms with Crippen LogP contribution in [0.25, 0.3) is 0 Å². The highest BCUT2D eigenvalue weighted by Gasteiger charge is 2.54. The first-order chi connectivity index (χ1) is 10.3. The number of alkyl halides is 1. The number of nitrogens with two attached hydrogens (primary N) is 2. The number of halogens is 1. The fourth-order valence-electron chi connectivity index (χ4n) is 2.46. The summed E-state index contributed by atoms with van der Waals surface area (Å²) in [5.41, 5.74) is 9.42. The van der Waals surface area contributed by atoms with Crippen molar-refractivity contribution in [3.8, 4) is 11.8 Å². The Morgan fingerprint density at radius 1 is 1.64 bits per heavy atom. The van der Waals surface area contributed by atoms with Gasteiger partial charge in [-0.15, -0.1) is 0 Å². The summed E-state index contributed by atoms with van der Waals surface area (Å²) in [4.78, 5) is 15.7. The SMILES string of the molecule is Cc1cc(N)nc(=O)n1[C@@H]1O[C@H](CO)[C@H](O)C1(N)C#CCF. The fourth-order valence-corrected chi connectivity index (χ4v) is 2.46. The molecule has 0 saturated carbocycles. The second kappa shape index (κ2) is 6.02. The summed E-state index contributed by atoms with van der Waals surface area (Å²) < 4.78 is 18.9. The zero-order valence-corrected chi connectivity index (χ0v) is 11.9. The van der Waals surface area contributed by atoms with Crippen LogP contribution >= 0.6 is 0 Å². The molecule has 8 nitrogen and oxygen atoms in total. The Balaban J connectivity index is 2.59. The van der Waals surface area contributed by atoms with E-state index in [0.717, 1.165) is 4.57 Å². The number of aliphatic hydroxyl groups excluding tert-OH is 2. The van der Waals surface area contributed by atoms with Crippen molar-refractivity contribution in [3.05, 3.63) is 22.2 Å². The quantitative estimate of drug-likeness (QED) is 0.466. The van der Waals surface area contributed by atoms with E-state index in [2.05, 4.69) is 16.8 Å². The van der Waals surface area contributed by atoms with Crippen molar-refractivity contribution in [2.24, 2.45) is 5.73 Å². The average Bonchev–Trinajstić information content (AvgIpc) is 2.69. The monoisotopic (exact) mass is 312 g/mol. The van der Waals surface area contributed by atoms with Gasteiger partial charge in [0.05, 0.1) is 6.61 Å². The highest BCUT2D eigenvalue weighted by molar-refractivity contribution is 5.31. The Kier molecular flexibility index (Phi) is 4.48. The average molecular weight is 312 g/mol. The molecule has 1 aromatic heterocycles. The topological polar surface area (TPSA) is 137 Å². The Labute approximate surface area is 125 Å². The Hall–Kier alpha value is -1.99. The molecule has 120 valence electrons. The molecule has 0 amide bonds. The molecule has 1 saturated heterocycles. The largest absolute Gasteiger partial charge is 0.394 e. The molecule has 0 aromatic carbocycles. The van der Waals surface area contributed by atoms with Crippen molar-refractivity contribution < 1.29 is 19.3 Å². The van der Waals surface area contributed by atoms with E-state index in [4.69, 9.17) is 16.2 Å². The van der Waals surface area contributed by atoms with Gasteiger partial charge in [0.15, 0.2) is 11.8 Å². The number of hydrogen-bond donors (Lipinski definition) is 4. The molecule has 1 aromatic rings. The number of hydrogen-bond acceptors (Lipinski definition) is 7. The van der Waals surface area contributed by atoms with E-state index < -0.39 is 42.9 Å². The number of aromatic nitrogens is 2. The maximum Gasteiger partial charge on any atom is 0.351 e. The van der Waals surface area contributed by atoms with Crippen molar-refractivity contribution in [1.82, 2.24) is 9.55 Å². The molecule has 1 fully saturated rings. The summed E-state index contributed by atoms with van der Waals surface area (Å²) in [6.45, 7) is 0.0601. The molecule has 4 atom stereocenters. The van der Waals surface area contributed by atoms with Crippen molar-refractivity contribution in [2.75, 3.05) is 19.0 Å². The smallest absolute Gasteiger partial charge is 0.351 e. The van der Waals surface area contributed by atoms with Crippen molar-refractivity contribution in [3.63, 3.8) is 0 Å². The number of nitrogen functional groups attached to an aromatic ring is 1. The predicted octanol–water partition coefficient (Wildman–Crippen LogP) is -1.95. The van der Waals surface area contributed by atoms with Crippen LogP contribution in [-0.4, -0.2) is 50.8 Å². The lowest BCUT2D eigenvalue weighted by atomic mass is 9.91.